The third-order valence-electron chi connectivity index (χ3n) is 2.87. The smallest absolute Gasteiger partial charge is 0.224 e. The minimum atomic E-state index is 0.0737. The van der Waals surface area contributed by atoms with Gasteiger partial charge in [0.15, 0.2) is 0 Å². The molecule has 1 aromatic rings. The highest BCUT2D eigenvalue weighted by Gasteiger charge is 2.16. The molecule has 0 radical (unpaired) electrons. The Labute approximate surface area is 115 Å². The summed E-state index contributed by atoms with van der Waals surface area (Å²) >= 11 is 2.22. The molecular formula is C13H16INO2. The van der Waals surface area contributed by atoms with Crippen molar-refractivity contribution in [3.63, 3.8) is 0 Å². The second kappa shape index (κ2) is 6.35. The zero-order valence-corrected chi connectivity index (χ0v) is 11.8. The summed E-state index contributed by atoms with van der Waals surface area (Å²) in [7, 11) is 0. The van der Waals surface area contributed by atoms with Gasteiger partial charge in [-0.05, 0) is 54.0 Å². The van der Waals surface area contributed by atoms with E-state index in [4.69, 9.17) is 4.74 Å². The van der Waals surface area contributed by atoms with Crippen molar-refractivity contribution in [1.82, 2.24) is 0 Å². The summed E-state index contributed by atoms with van der Waals surface area (Å²) in [5.74, 6) is 0.0737. The van der Waals surface area contributed by atoms with E-state index in [1.165, 1.54) is 0 Å². The van der Waals surface area contributed by atoms with Gasteiger partial charge in [-0.25, -0.2) is 0 Å². The first-order valence-electron chi connectivity index (χ1n) is 5.91. The van der Waals surface area contributed by atoms with E-state index in [-0.39, 0.29) is 12.0 Å². The van der Waals surface area contributed by atoms with E-state index < -0.39 is 0 Å². The third kappa shape index (κ3) is 3.96. The standard InChI is InChI=1S/C13H16INO2/c14-11-5-1-2-6-12(11)15-13(16)8-7-10-4-3-9-17-10/h1-2,5-6,10H,3-4,7-9H2,(H,15,16)/t10-/m0/s1. The number of ether oxygens (including phenoxy) is 1. The summed E-state index contributed by atoms with van der Waals surface area (Å²) in [6.45, 7) is 0.850. The fourth-order valence-electron chi connectivity index (χ4n) is 1.94. The van der Waals surface area contributed by atoms with Crippen LogP contribution in [0.4, 0.5) is 5.69 Å². The summed E-state index contributed by atoms with van der Waals surface area (Å²) in [6.07, 6.45) is 3.87. The molecule has 0 bridgehead atoms. The van der Waals surface area contributed by atoms with Crippen molar-refractivity contribution in [3.8, 4) is 0 Å². The van der Waals surface area contributed by atoms with Crippen LogP contribution in [-0.2, 0) is 9.53 Å². The maximum absolute atomic E-state index is 11.8. The molecule has 0 aromatic heterocycles. The van der Waals surface area contributed by atoms with Gasteiger partial charge in [0.25, 0.3) is 0 Å². The molecule has 1 aliphatic rings. The molecule has 2 rings (SSSR count). The molecule has 1 N–H and O–H groups in total. The van der Waals surface area contributed by atoms with E-state index in [0.717, 1.165) is 35.1 Å². The lowest BCUT2D eigenvalue weighted by Gasteiger charge is -2.10. The topological polar surface area (TPSA) is 38.3 Å². The zero-order valence-electron chi connectivity index (χ0n) is 9.62. The second-order valence-electron chi connectivity index (χ2n) is 4.20. The van der Waals surface area contributed by atoms with Gasteiger partial charge in [0.05, 0.1) is 11.8 Å². The van der Waals surface area contributed by atoms with Gasteiger partial charge in [-0.2, -0.15) is 0 Å². The molecule has 1 aliphatic heterocycles. The van der Waals surface area contributed by atoms with Gasteiger partial charge in [-0.3, -0.25) is 4.79 Å². The molecule has 0 aliphatic carbocycles. The van der Waals surface area contributed by atoms with Gasteiger partial charge in [0, 0.05) is 16.6 Å². The Morgan fingerprint density at radius 2 is 2.29 bits per heavy atom. The summed E-state index contributed by atoms with van der Waals surface area (Å²) in [6, 6.07) is 7.80. The first-order valence-corrected chi connectivity index (χ1v) is 6.99. The number of carbonyl (C=O) groups excluding carboxylic acids is 1. The quantitative estimate of drug-likeness (QED) is 0.852. The Hall–Kier alpha value is -0.620. The van der Waals surface area contributed by atoms with Crippen LogP contribution in [0.15, 0.2) is 24.3 Å². The molecule has 0 saturated carbocycles. The zero-order chi connectivity index (χ0) is 12.1. The molecule has 3 nitrogen and oxygen atoms in total. The molecule has 92 valence electrons. The summed E-state index contributed by atoms with van der Waals surface area (Å²) in [5.41, 5.74) is 0.894. The normalized spacial score (nSPS) is 19.2. The van der Waals surface area contributed by atoms with Gasteiger partial charge < -0.3 is 10.1 Å². The van der Waals surface area contributed by atoms with Crippen molar-refractivity contribution in [2.24, 2.45) is 0 Å². The number of para-hydroxylation sites is 1. The van der Waals surface area contributed by atoms with Crippen LogP contribution in [0.25, 0.3) is 0 Å². The van der Waals surface area contributed by atoms with Crippen LogP contribution in [0.5, 0.6) is 0 Å². The molecule has 1 amide bonds. The summed E-state index contributed by atoms with van der Waals surface area (Å²) < 4.78 is 6.56. The van der Waals surface area contributed by atoms with E-state index in [1.54, 1.807) is 0 Å². The van der Waals surface area contributed by atoms with Crippen LogP contribution in [0.3, 0.4) is 0 Å². The molecule has 1 atom stereocenters. The average molecular weight is 345 g/mol. The molecule has 1 fully saturated rings. The number of rotatable bonds is 4. The fourth-order valence-corrected chi connectivity index (χ4v) is 2.46. The van der Waals surface area contributed by atoms with E-state index in [1.807, 2.05) is 24.3 Å². The Kier molecular flexibility index (Phi) is 4.79. The number of nitrogens with one attached hydrogen (secondary N) is 1. The van der Waals surface area contributed by atoms with Crippen molar-refractivity contribution in [2.45, 2.75) is 31.8 Å². The van der Waals surface area contributed by atoms with Crippen LogP contribution < -0.4 is 5.32 Å². The number of hydrogen-bond donors (Lipinski definition) is 1. The SMILES string of the molecule is O=C(CC[C@@H]1CCCO1)Nc1ccccc1I. The lowest BCUT2D eigenvalue weighted by molar-refractivity contribution is -0.116. The number of amides is 1. The van der Waals surface area contributed by atoms with Gasteiger partial charge in [0.1, 0.15) is 0 Å². The van der Waals surface area contributed by atoms with Crippen molar-refractivity contribution in [3.05, 3.63) is 27.8 Å². The number of anilines is 1. The van der Waals surface area contributed by atoms with E-state index >= 15 is 0 Å². The first-order chi connectivity index (χ1) is 8.25. The molecule has 1 saturated heterocycles. The Balaban J connectivity index is 1.79. The molecule has 0 unspecified atom stereocenters. The van der Waals surface area contributed by atoms with Crippen molar-refractivity contribution >= 4 is 34.2 Å². The first kappa shape index (κ1) is 12.8. The van der Waals surface area contributed by atoms with Gasteiger partial charge in [0.2, 0.25) is 5.91 Å². The van der Waals surface area contributed by atoms with Crippen molar-refractivity contribution in [2.75, 3.05) is 11.9 Å². The largest absolute Gasteiger partial charge is 0.378 e. The lowest BCUT2D eigenvalue weighted by Crippen LogP contribution is -2.15. The summed E-state index contributed by atoms with van der Waals surface area (Å²) in [5, 5.41) is 2.93. The molecule has 4 heteroatoms. The van der Waals surface area contributed by atoms with Crippen LogP contribution in [0, 0.1) is 3.57 Å². The Bertz CT molecular complexity index is 389. The Morgan fingerprint density at radius 3 is 3.00 bits per heavy atom. The second-order valence-corrected chi connectivity index (χ2v) is 5.36. The van der Waals surface area contributed by atoms with Gasteiger partial charge in [-0.1, -0.05) is 12.1 Å². The lowest BCUT2D eigenvalue weighted by atomic mass is 10.1. The van der Waals surface area contributed by atoms with E-state index in [0.29, 0.717) is 6.42 Å². The number of carbonyl (C=O) groups is 1. The molecule has 17 heavy (non-hydrogen) atoms. The van der Waals surface area contributed by atoms with Crippen LogP contribution in [0.2, 0.25) is 0 Å². The fraction of sp³-hybridized carbons (Fsp3) is 0.462. The van der Waals surface area contributed by atoms with Crippen LogP contribution in [-0.4, -0.2) is 18.6 Å². The van der Waals surface area contributed by atoms with Gasteiger partial charge in [-0.15, -0.1) is 0 Å². The third-order valence-corrected chi connectivity index (χ3v) is 3.81. The van der Waals surface area contributed by atoms with Gasteiger partial charge >= 0.3 is 0 Å². The maximum atomic E-state index is 11.8. The average Bonchev–Trinajstić information content (AvgIpc) is 2.82. The molecular weight excluding hydrogens is 329 g/mol. The monoisotopic (exact) mass is 345 g/mol. The minimum absolute atomic E-state index is 0.0737. The predicted octanol–water partition coefficient (Wildman–Crippen LogP) is 3.19. The Morgan fingerprint density at radius 1 is 1.47 bits per heavy atom. The number of benzene rings is 1. The van der Waals surface area contributed by atoms with Crippen LogP contribution in [0.1, 0.15) is 25.7 Å². The van der Waals surface area contributed by atoms with Crippen molar-refractivity contribution < 1.29 is 9.53 Å². The van der Waals surface area contributed by atoms with Crippen molar-refractivity contribution in [1.29, 1.82) is 0 Å². The highest BCUT2D eigenvalue weighted by Crippen LogP contribution is 2.19. The minimum Gasteiger partial charge on any atom is -0.378 e. The molecule has 1 aromatic carbocycles. The highest BCUT2D eigenvalue weighted by atomic mass is 127. The highest BCUT2D eigenvalue weighted by molar-refractivity contribution is 14.1. The molecule has 0 spiro atoms. The predicted molar refractivity (Wildman–Crippen MR) is 76.0 cm³/mol. The molecule has 1 heterocycles. The maximum Gasteiger partial charge on any atom is 0.224 e. The van der Waals surface area contributed by atoms with Crippen LogP contribution >= 0.6 is 22.6 Å². The van der Waals surface area contributed by atoms with E-state index in [2.05, 4.69) is 27.9 Å². The number of hydrogen-bond acceptors (Lipinski definition) is 2. The number of halogens is 1. The van der Waals surface area contributed by atoms with E-state index in [9.17, 15) is 4.79 Å². The summed E-state index contributed by atoms with van der Waals surface area (Å²) in [4.78, 5) is 11.8.